The van der Waals surface area contributed by atoms with E-state index in [0.717, 1.165) is 44.9 Å². The van der Waals surface area contributed by atoms with Gasteiger partial charge in [-0.2, -0.15) is 8.42 Å². The fraction of sp³-hybridized carbons (Fsp3) is 0.745. The monoisotopic (exact) mass is 869 g/mol. The van der Waals surface area contributed by atoms with Crippen molar-refractivity contribution < 1.29 is 56.8 Å². The van der Waals surface area contributed by atoms with E-state index in [4.69, 9.17) is 18.9 Å². The van der Waals surface area contributed by atoms with Crippen LogP contribution in [0.1, 0.15) is 168 Å². The largest absolute Gasteiger partial charge is 0.462 e. The molecule has 0 aromatic carbocycles. The first-order valence-electron chi connectivity index (χ1n) is 22.8. The van der Waals surface area contributed by atoms with E-state index in [1.54, 1.807) is 0 Å². The van der Waals surface area contributed by atoms with E-state index in [1.807, 2.05) is 12.2 Å². The lowest BCUT2D eigenvalue weighted by atomic mass is 10.00. The van der Waals surface area contributed by atoms with Crippen molar-refractivity contribution in [3.63, 3.8) is 0 Å². The average Bonchev–Trinajstić information content (AvgIpc) is 3.21. The molecule has 0 aromatic heterocycles. The molecule has 0 saturated carbocycles. The summed E-state index contributed by atoms with van der Waals surface area (Å²) in [6, 6.07) is 0. The fourth-order valence-corrected chi connectivity index (χ4v) is 7.18. The van der Waals surface area contributed by atoms with Crippen LogP contribution in [0, 0.1) is 0 Å². The van der Waals surface area contributed by atoms with Gasteiger partial charge in [-0.3, -0.25) is 14.1 Å². The third kappa shape index (κ3) is 31.2. The van der Waals surface area contributed by atoms with Crippen molar-refractivity contribution in [2.75, 3.05) is 19.0 Å². The predicted molar refractivity (Wildman–Crippen MR) is 238 cm³/mol. The third-order valence-electron chi connectivity index (χ3n) is 10.1. The number of carbonyl (C=O) groups is 2. The number of carbonyl (C=O) groups excluding carboxylic acids is 2. The quantitative estimate of drug-likeness (QED) is 0.0201. The summed E-state index contributed by atoms with van der Waals surface area (Å²) < 4.78 is 54.0. The Hall–Kier alpha value is -2.65. The summed E-state index contributed by atoms with van der Waals surface area (Å²) >= 11 is 0. The van der Waals surface area contributed by atoms with E-state index in [0.29, 0.717) is 19.3 Å². The highest BCUT2D eigenvalue weighted by Crippen LogP contribution is 2.24. The van der Waals surface area contributed by atoms with E-state index in [-0.39, 0.29) is 19.4 Å². The van der Waals surface area contributed by atoms with Gasteiger partial charge in [-0.15, -0.1) is 0 Å². The topological polar surface area (TPSA) is 186 Å². The number of allylic oxidation sites excluding steroid dienone is 10. The van der Waals surface area contributed by atoms with Crippen LogP contribution in [0.3, 0.4) is 0 Å². The molecule has 0 spiro atoms. The number of unbranched alkanes of at least 4 members (excludes halogenated alkanes) is 15. The summed E-state index contributed by atoms with van der Waals surface area (Å²) in [4.78, 5) is 25.4. The molecular formula is C47H80O12S. The van der Waals surface area contributed by atoms with Crippen molar-refractivity contribution in [1.82, 2.24) is 0 Å². The predicted octanol–water partition coefficient (Wildman–Crippen LogP) is 9.34. The van der Waals surface area contributed by atoms with E-state index in [9.17, 15) is 37.9 Å². The molecular weight excluding hydrogens is 789 g/mol. The normalized spacial score (nSPS) is 20.7. The lowest BCUT2D eigenvalue weighted by molar-refractivity contribution is -0.297. The van der Waals surface area contributed by atoms with Crippen molar-refractivity contribution in [1.29, 1.82) is 0 Å². The number of aliphatic hydroxyl groups is 3. The molecule has 1 aliphatic heterocycles. The lowest BCUT2D eigenvalue weighted by Crippen LogP contribution is -2.60. The third-order valence-corrected chi connectivity index (χ3v) is 10.8. The Morgan fingerprint density at radius 3 is 1.53 bits per heavy atom. The summed E-state index contributed by atoms with van der Waals surface area (Å²) in [6.07, 6.45) is 35.6. The minimum atomic E-state index is -4.61. The Morgan fingerprint density at radius 2 is 1.02 bits per heavy atom. The number of esters is 2. The Labute approximate surface area is 362 Å². The summed E-state index contributed by atoms with van der Waals surface area (Å²) in [6.45, 7) is 3.67. The van der Waals surface area contributed by atoms with Gasteiger partial charge in [0.15, 0.2) is 12.4 Å². The first-order valence-corrected chi connectivity index (χ1v) is 24.5. The van der Waals surface area contributed by atoms with Crippen LogP contribution in [0.15, 0.2) is 60.8 Å². The highest BCUT2D eigenvalue weighted by molar-refractivity contribution is 7.85. The Morgan fingerprint density at radius 1 is 0.567 bits per heavy atom. The van der Waals surface area contributed by atoms with E-state index in [1.165, 1.54) is 77.0 Å². The highest BCUT2D eigenvalue weighted by Gasteiger charge is 2.46. The molecule has 2 unspecified atom stereocenters. The van der Waals surface area contributed by atoms with Crippen LogP contribution in [0.25, 0.3) is 0 Å². The number of hydrogen-bond acceptors (Lipinski definition) is 11. The van der Waals surface area contributed by atoms with Gasteiger partial charge >= 0.3 is 11.9 Å². The van der Waals surface area contributed by atoms with Gasteiger partial charge in [0.05, 0.1) is 6.61 Å². The molecule has 0 radical (unpaired) electrons. The van der Waals surface area contributed by atoms with Crippen molar-refractivity contribution in [2.45, 2.75) is 205 Å². The number of hydrogen-bond donors (Lipinski definition) is 4. The Kier molecular flexibility index (Phi) is 34.1. The van der Waals surface area contributed by atoms with Crippen LogP contribution in [-0.2, 0) is 38.7 Å². The summed E-state index contributed by atoms with van der Waals surface area (Å²) in [5.74, 6) is -2.10. The fourth-order valence-electron chi connectivity index (χ4n) is 6.49. The molecule has 13 heteroatoms. The van der Waals surface area contributed by atoms with Crippen LogP contribution in [0.2, 0.25) is 0 Å². The molecule has 0 aliphatic carbocycles. The van der Waals surface area contributed by atoms with Gasteiger partial charge in [-0.05, 0) is 77.0 Å². The zero-order valence-electron chi connectivity index (χ0n) is 36.8. The molecule has 6 atom stereocenters. The van der Waals surface area contributed by atoms with E-state index >= 15 is 0 Å². The Balaban J connectivity index is 2.52. The van der Waals surface area contributed by atoms with Crippen molar-refractivity contribution in [3.05, 3.63) is 60.8 Å². The molecule has 0 aromatic rings. The first-order chi connectivity index (χ1) is 29.0. The molecule has 60 heavy (non-hydrogen) atoms. The molecule has 1 rings (SSSR count). The first kappa shape index (κ1) is 55.4. The maximum atomic E-state index is 12.8. The maximum absolute atomic E-state index is 12.8. The smallest absolute Gasteiger partial charge is 0.306 e. The van der Waals surface area contributed by atoms with Crippen LogP contribution in [0.5, 0.6) is 0 Å². The second-order valence-electron chi connectivity index (χ2n) is 15.7. The van der Waals surface area contributed by atoms with Gasteiger partial charge in [0.1, 0.15) is 36.8 Å². The van der Waals surface area contributed by atoms with Crippen LogP contribution in [-0.4, -0.2) is 96.0 Å². The molecule has 12 nitrogen and oxygen atoms in total. The van der Waals surface area contributed by atoms with Gasteiger partial charge in [0.25, 0.3) is 10.1 Å². The molecule has 1 aliphatic rings. The molecule has 0 bridgehead atoms. The zero-order valence-corrected chi connectivity index (χ0v) is 37.6. The summed E-state index contributed by atoms with van der Waals surface area (Å²) in [7, 11) is -4.61. The van der Waals surface area contributed by atoms with Gasteiger partial charge in [0.2, 0.25) is 0 Å². The van der Waals surface area contributed by atoms with E-state index < -0.39 is 71.2 Å². The molecule has 1 saturated heterocycles. The van der Waals surface area contributed by atoms with Crippen LogP contribution >= 0.6 is 0 Å². The molecule has 346 valence electrons. The van der Waals surface area contributed by atoms with Crippen molar-refractivity contribution in [3.8, 4) is 0 Å². The highest BCUT2D eigenvalue weighted by atomic mass is 32.2. The minimum Gasteiger partial charge on any atom is -0.462 e. The van der Waals surface area contributed by atoms with Crippen LogP contribution < -0.4 is 0 Å². The van der Waals surface area contributed by atoms with Crippen molar-refractivity contribution >= 4 is 22.1 Å². The Bertz CT molecular complexity index is 1340. The second-order valence-corrected chi connectivity index (χ2v) is 17.2. The molecule has 4 N–H and O–H groups in total. The second kappa shape index (κ2) is 37.0. The average molecular weight is 869 g/mol. The minimum absolute atomic E-state index is 0.0837. The van der Waals surface area contributed by atoms with Gasteiger partial charge in [-0.25, -0.2) is 0 Å². The van der Waals surface area contributed by atoms with E-state index in [2.05, 4.69) is 62.5 Å². The standard InChI is InChI=1S/C47H80O12S/c1-3-5-7-9-11-13-15-17-19-20-22-24-26-28-30-32-34-36-43(49)58-40(38-57-47-46(52)45(51)44(50)41(59-47)39-60(53,54)55)37-56-42(48)35-33-31-29-27-25-23-21-18-16-14-12-10-8-6-4-2/h17-19,21-22,24-25,27-28,30,40-41,44-47,50-52H,3-16,20,23,26,29,31-39H2,1-2H3,(H,53,54,55)/b19-17+,21-18+,24-22+,27-25+,30-28+/t40-,41-,44-,45?,46?,47+/m1/s1. The van der Waals surface area contributed by atoms with Crippen molar-refractivity contribution in [2.24, 2.45) is 0 Å². The summed E-state index contributed by atoms with van der Waals surface area (Å²) in [5.41, 5.74) is 0. The SMILES string of the molecule is CCCCCCCC/C=C/C/C=C/C/C=C/CCCC(=O)O[C@H](COC(=O)CCCC/C=C/C/C=C/CCCCCCCC)CO[C@H]1O[C@H](CS(=O)(=O)O)[C@@H](O)C(O)C1O. The lowest BCUT2D eigenvalue weighted by Gasteiger charge is -2.40. The maximum Gasteiger partial charge on any atom is 0.306 e. The zero-order chi connectivity index (χ0) is 44.1. The number of ether oxygens (including phenoxy) is 4. The molecule has 1 heterocycles. The number of aliphatic hydroxyl groups excluding tert-OH is 3. The number of rotatable bonds is 37. The van der Waals surface area contributed by atoms with Gasteiger partial charge < -0.3 is 34.3 Å². The van der Waals surface area contributed by atoms with Gasteiger partial charge in [0, 0.05) is 12.8 Å². The molecule has 1 fully saturated rings. The van der Waals surface area contributed by atoms with Crippen LogP contribution in [0.4, 0.5) is 0 Å². The summed E-state index contributed by atoms with van der Waals surface area (Å²) in [5, 5.41) is 30.9. The van der Waals surface area contributed by atoms with Gasteiger partial charge in [-0.1, -0.05) is 139 Å². The molecule has 0 amide bonds.